The minimum atomic E-state index is -0.216. The van der Waals surface area contributed by atoms with Gasteiger partial charge < -0.3 is 10.3 Å². The maximum Gasteiger partial charge on any atom is 0.277 e. The summed E-state index contributed by atoms with van der Waals surface area (Å²) in [7, 11) is 1.82. The quantitative estimate of drug-likeness (QED) is 0.864. The van der Waals surface area contributed by atoms with Crippen LogP contribution in [0.15, 0.2) is 6.33 Å². The maximum absolute atomic E-state index is 12.1. The Morgan fingerprint density at radius 3 is 2.78 bits per heavy atom. The number of rotatable bonds is 3. The monoisotopic (exact) mass is 247 g/mol. The first-order valence-corrected chi connectivity index (χ1v) is 5.88. The van der Waals surface area contributed by atoms with E-state index in [9.17, 15) is 4.79 Å². The lowest BCUT2D eigenvalue weighted by atomic mass is 10.2. The number of carbonyl (C=O) groups excluding carboxylic acids is 1. The topological polar surface area (TPSA) is 75.6 Å². The molecule has 2 N–H and O–H groups in total. The van der Waals surface area contributed by atoms with Gasteiger partial charge in [0.2, 0.25) is 0 Å². The van der Waals surface area contributed by atoms with Crippen molar-refractivity contribution in [3.63, 3.8) is 0 Å². The minimum Gasteiger partial charge on any atom is -0.348 e. The summed E-state index contributed by atoms with van der Waals surface area (Å²) in [6.45, 7) is 5.80. The third-order valence-electron chi connectivity index (χ3n) is 2.98. The summed E-state index contributed by atoms with van der Waals surface area (Å²) >= 11 is 0. The Morgan fingerprint density at radius 1 is 1.50 bits per heavy atom. The highest BCUT2D eigenvalue weighted by Gasteiger charge is 2.17. The van der Waals surface area contributed by atoms with E-state index in [0.29, 0.717) is 5.69 Å². The molecule has 0 aromatic carbocycles. The van der Waals surface area contributed by atoms with Crippen LogP contribution >= 0.6 is 0 Å². The highest BCUT2D eigenvalue weighted by Crippen LogP contribution is 2.20. The molecule has 0 saturated carbocycles. The summed E-state index contributed by atoms with van der Waals surface area (Å²) in [5.41, 5.74) is 3.16. The Kier molecular flexibility index (Phi) is 3.18. The molecule has 0 spiro atoms. The van der Waals surface area contributed by atoms with Crippen LogP contribution in [0.2, 0.25) is 0 Å². The molecule has 2 rings (SSSR count). The summed E-state index contributed by atoms with van der Waals surface area (Å²) in [5, 5.41) is 7.19. The molecule has 6 nitrogen and oxygen atoms in total. The van der Waals surface area contributed by atoms with Crippen LogP contribution in [0.25, 0.3) is 0 Å². The molecule has 0 saturated heterocycles. The van der Waals surface area contributed by atoms with Gasteiger partial charge in [0, 0.05) is 18.3 Å². The summed E-state index contributed by atoms with van der Waals surface area (Å²) in [4.78, 5) is 19.0. The van der Waals surface area contributed by atoms with Gasteiger partial charge in [0.1, 0.15) is 11.5 Å². The molecular weight excluding hydrogens is 230 g/mol. The van der Waals surface area contributed by atoms with Crippen molar-refractivity contribution in [1.29, 1.82) is 0 Å². The number of nitrogens with one attached hydrogen (secondary N) is 2. The number of aryl methyl sites for hydroxylation is 3. The van der Waals surface area contributed by atoms with Gasteiger partial charge in [-0.1, -0.05) is 6.92 Å². The van der Waals surface area contributed by atoms with Crippen LogP contribution in [0.5, 0.6) is 0 Å². The van der Waals surface area contributed by atoms with Crippen molar-refractivity contribution in [2.45, 2.75) is 27.2 Å². The molecular formula is C12H17N5O. The van der Waals surface area contributed by atoms with Crippen LogP contribution in [-0.4, -0.2) is 25.7 Å². The van der Waals surface area contributed by atoms with E-state index in [1.807, 2.05) is 27.8 Å². The lowest BCUT2D eigenvalue weighted by Gasteiger charge is -2.06. The molecule has 0 atom stereocenters. The van der Waals surface area contributed by atoms with E-state index in [1.54, 1.807) is 4.68 Å². The van der Waals surface area contributed by atoms with Gasteiger partial charge in [0.15, 0.2) is 0 Å². The average Bonchev–Trinajstić information content (AvgIpc) is 2.84. The van der Waals surface area contributed by atoms with Crippen LogP contribution in [-0.2, 0) is 13.5 Å². The Hall–Kier alpha value is -2.11. The fraction of sp³-hybridized carbons (Fsp3) is 0.417. The highest BCUT2D eigenvalue weighted by molar-refractivity contribution is 6.03. The van der Waals surface area contributed by atoms with Crippen LogP contribution in [0.3, 0.4) is 0 Å². The van der Waals surface area contributed by atoms with E-state index in [2.05, 4.69) is 20.4 Å². The van der Waals surface area contributed by atoms with Gasteiger partial charge in [-0.05, 0) is 20.3 Å². The number of hydrogen-bond donors (Lipinski definition) is 2. The van der Waals surface area contributed by atoms with Gasteiger partial charge in [-0.3, -0.25) is 9.48 Å². The van der Waals surface area contributed by atoms with Gasteiger partial charge in [-0.25, -0.2) is 4.98 Å². The van der Waals surface area contributed by atoms with Crippen LogP contribution in [0, 0.1) is 13.8 Å². The smallest absolute Gasteiger partial charge is 0.277 e. The standard InChI is InChI=1S/C12H17N5O/c1-5-9-7(2)16-17(4)11(9)15-12(18)10-8(3)13-6-14-10/h6H,5H2,1-4H3,(H,13,14)(H,15,18). The van der Waals surface area contributed by atoms with Gasteiger partial charge in [-0.15, -0.1) is 0 Å². The number of carbonyl (C=O) groups is 1. The Morgan fingerprint density at radius 2 is 2.22 bits per heavy atom. The molecule has 0 aliphatic carbocycles. The third-order valence-corrected chi connectivity index (χ3v) is 2.98. The highest BCUT2D eigenvalue weighted by atomic mass is 16.2. The van der Waals surface area contributed by atoms with E-state index in [-0.39, 0.29) is 5.91 Å². The van der Waals surface area contributed by atoms with E-state index in [4.69, 9.17) is 0 Å². The first-order valence-electron chi connectivity index (χ1n) is 5.88. The molecule has 0 bridgehead atoms. The summed E-state index contributed by atoms with van der Waals surface area (Å²) in [6, 6.07) is 0. The normalized spacial score (nSPS) is 10.7. The van der Waals surface area contributed by atoms with Crippen molar-refractivity contribution in [3.05, 3.63) is 29.0 Å². The van der Waals surface area contributed by atoms with E-state index in [0.717, 1.165) is 29.2 Å². The zero-order valence-electron chi connectivity index (χ0n) is 11.0. The predicted octanol–water partition coefficient (Wildman–Crippen LogP) is 1.57. The number of amides is 1. The fourth-order valence-corrected chi connectivity index (χ4v) is 2.04. The second-order valence-electron chi connectivity index (χ2n) is 4.22. The first kappa shape index (κ1) is 12.3. The molecule has 1 amide bonds. The van der Waals surface area contributed by atoms with Crippen LogP contribution < -0.4 is 5.32 Å². The fourth-order valence-electron chi connectivity index (χ4n) is 2.04. The van der Waals surface area contributed by atoms with E-state index < -0.39 is 0 Å². The number of hydrogen-bond acceptors (Lipinski definition) is 3. The van der Waals surface area contributed by atoms with E-state index in [1.165, 1.54) is 6.33 Å². The summed E-state index contributed by atoms with van der Waals surface area (Å²) < 4.78 is 1.69. The number of aromatic amines is 1. The molecule has 2 aromatic heterocycles. The predicted molar refractivity (Wildman–Crippen MR) is 68.6 cm³/mol. The average molecular weight is 247 g/mol. The molecule has 6 heteroatoms. The molecule has 18 heavy (non-hydrogen) atoms. The molecule has 0 radical (unpaired) electrons. The summed E-state index contributed by atoms with van der Waals surface area (Å²) in [5.74, 6) is 0.522. The SMILES string of the molecule is CCc1c(C)nn(C)c1NC(=O)c1nc[nH]c1C. The number of nitrogens with zero attached hydrogens (tertiary/aromatic N) is 3. The van der Waals surface area contributed by atoms with Crippen LogP contribution in [0.1, 0.15) is 34.4 Å². The van der Waals surface area contributed by atoms with Crippen molar-refractivity contribution < 1.29 is 4.79 Å². The van der Waals surface area contributed by atoms with Crippen molar-refractivity contribution in [2.75, 3.05) is 5.32 Å². The van der Waals surface area contributed by atoms with Crippen molar-refractivity contribution >= 4 is 11.7 Å². The van der Waals surface area contributed by atoms with Gasteiger partial charge in [0.05, 0.1) is 12.0 Å². The zero-order valence-corrected chi connectivity index (χ0v) is 11.0. The third kappa shape index (κ3) is 2.01. The van der Waals surface area contributed by atoms with Gasteiger partial charge >= 0.3 is 0 Å². The molecule has 0 unspecified atom stereocenters. The van der Waals surface area contributed by atoms with E-state index >= 15 is 0 Å². The molecule has 0 aliphatic heterocycles. The molecule has 0 aliphatic rings. The lowest BCUT2D eigenvalue weighted by molar-refractivity contribution is 0.102. The van der Waals surface area contributed by atoms with Crippen molar-refractivity contribution in [3.8, 4) is 0 Å². The molecule has 2 heterocycles. The minimum absolute atomic E-state index is 0.216. The number of H-pyrrole nitrogens is 1. The second-order valence-corrected chi connectivity index (χ2v) is 4.22. The number of aromatic nitrogens is 4. The molecule has 2 aromatic rings. The Balaban J connectivity index is 2.30. The lowest BCUT2D eigenvalue weighted by Crippen LogP contribution is -2.17. The van der Waals surface area contributed by atoms with Gasteiger partial charge in [0.25, 0.3) is 5.91 Å². The van der Waals surface area contributed by atoms with Crippen molar-refractivity contribution in [1.82, 2.24) is 19.7 Å². The molecule has 0 fully saturated rings. The largest absolute Gasteiger partial charge is 0.348 e. The molecule has 96 valence electrons. The number of anilines is 1. The summed E-state index contributed by atoms with van der Waals surface area (Å²) in [6.07, 6.45) is 2.34. The second kappa shape index (κ2) is 4.64. The van der Waals surface area contributed by atoms with Gasteiger partial charge in [-0.2, -0.15) is 5.10 Å². The Bertz CT molecular complexity index is 581. The number of imidazole rings is 1. The van der Waals surface area contributed by atoms with Crippen LogP contribution in [0.4, 0.5) is 5.82 Å². The Labute approximate surface area is 105 Å². The first-order chi connectivity index (χ1) is 8.54. The van der Waals surface area contributed by atoms with Crippen molar-refractivity contribution in [2.24, 2.45) is 7.05 Å². The zero-order chi connectivity index (χ0) is 13.3. The maximum atomic E-state index is 12.1.